The number of aldehydes is 1. The summed E-state index contributed by atoms with van der Waals surface area (Å²) in [4.78, 5) is 10.3. The van der Waals surface area contributed by atoms with Crippen molar-refractivity contribution in [1.82, 2.24) is 0 Å². The van der Waals surface area contributed by atoms with Crippen LogP contribution >= 0.6 is 0 Å². The summed E-state index contributed by atoms with van der Waals surface area (Å²) in [5, 5.41) is 0. The smallest absolute Gasteiger partial charge is 0.142 e. The molecule has 86 valence electrons. The second-order valence-corrected chi connectivity index (χ2v) is 3.10. The molecule has 0 atom stereocenters. The number of carbonyl (C=O) groups excluding carboxylic acids is 1. The van der Waals surface area contributed by atoms with Gasteiger partial charge in [-0.2, -0.15) is 0 Å². The maximum absolute atomic E-state index is 10.3. The molecule has 0 aliphatic rings. The summed E-state index contributed by atoms with van der Waals surface area (Å²) in [7, 11) is 0. The Morgan fingerprint density at radius 2 is 1.62 bits per heavy atom. The predicted octanol–water partition coefficient (Wildman–Crippen LogP) is 2.70. The Kier molecular flexibility index (Phi) is 5.12. The van der Waals surface area contributed by atoms with Gasteiger partial charge in [0.05, 0.1) is 13.2 Å². The average Bonchev–Trinajstić information content (AvgIpc) is 2.27. The van der Waals surface area contributed by atoms with Gasteiger partial charge in [-0.1, -0.05) is 6.08 Å². The molecule has 0 saturated carbocycles. The first kappa shape index (κ1) is 12.3. The van der Waals surface area contributed by atoms with Gasteiger partial charge < -0.3 is 9.47 Å². The first-order valence-corrected chi connectivity index (χ1v) is 5.32. The Balaban J connectivity index is 2.97. The van der Waals surface area contributed by atoms with Gasteiger partial charge in [0.1, 0.15) is 17.8 Å². The van der Waals surface area contributed by atoms with E-state index in [2.05, 4.69) is 0 Å². The van der Waals surface area contributed by atoms with Crippen molar-refractivity contribution in [2.45, 2.75) is 13.8 Å². The molecule has 16 heavy (non-hydrogen) atoms. The fourth-order valence-electron chi connectivity index (χ4n) is 1.34. The molecule has 0 amide bonds. The van der Waals surface area contributed by atoms with E-state index in [0.717, 1.165) is 23.3 Å². The Hall–Kier alpha value is -1.77. The minimum Gasteiger partial charge on any atom is -0.494 e. The summed E-state index contributed by atoms with van der Waals surface area (Å²) in [6.45, 7) is 5.06. The lowest BCUT2D eigenvalue weighted by Gasteiger charge is -2.08. The molecule has 0 heterocycles. The van der Waals surface area contributed by atoms with Gasteiger partial charge in [-0.15, -0.1) is 0 Å². The van der Waals surface area contributed by atoms with Crippen LogP contribution in [0.4, 0.5) is 0 Å². The highest BCUT2D eigenvalue weighted by Crippen LogP contribution is 2.23. The van der Waals surface area contributed by atoms with Crippen molar-refractivity contribution < 1.29 is 14.3 Å². The SMILES string of the molecule is CCOc1cc(/C=C/C=O)cc(OCC)c1. The second kappa shape index (κ2) is 6.67. The molecule has 3 nitrogen and oxygen atoms in total. The third kappa shape index (κ3) is 3.77. The van der Waals surface area contributed by atoms with Crippen molar-refractivity contribution in [3.8, 4) is 11.5 Å². The number of benzene rings is 1. The van der Waals surface area contributed by atoms with E-state index in [9.17, 15) is 4.79 Å². The molecule has 0 N–H and O–H groups in total. The molecule has 1 aromatic carbocycles. The van der Waals surface area contributed by atoms with Gasteiger partial charge in [0.2, 0.25) is 0 Å². The predicted molar refractivity (Wildman–Crippen MR) is 63.9 cm³/mol. The standard InChI is InChI=1S/C13H16O3/c1-3-15-12-8-11(6-5-7-14)9-13(10-12)16-4-2/h5-10H,3-4H2,1-2H3/b6-5+. The highest BCUT2D eigenvalue weighted by Gasteiger charge is 2.00. The summed E-state index contributed by atoms with van der Waals surface area (Å²) < 4.78 is 10.8. The quantitative estimate of drug-likeness (QED) is 0.546. The van der Waals surface area contributed by atoms with Crippen LogP contribution in [0.1, 0.15) is 19.4 Å². The number of hydrogen-bond acceptors (Lipinski definition) is 3. The van der Waals surface area contributed by atoms with Gasteiger partial charge in [0.15, 0.2) is 0 Å². The van der Waals surface area contributed by atoms with Crippen molar-refractivity contribution >= 4 is 12.4 Å². The van der Waals surface area contributed by atoms with E-state index in [-0.39, 0.29) is 0 Å². The van der Waals surface area contributed by atoms with Crippen LogP contribution < -0.4 is 9.47 Å². The van der Waals surface area contributed by atoms with E-state index in [0.29, 0.717) is 13.2 Å². The van der Waals surface area contributed by atoms with E-state index < -0.39 is 0 Å². The molecule has 1 aromatic rings. The first-order valence-electron chi connectivity index (χ1n) is 5.32. The van der Waals surface area contributed by atoms with Crippen LogP contribution in [-0.4, -0.2) is 19.5 Å². The topological polar surface area (TPSA) is 35.5 Å². The molecule has 0 radical (unpaired) electrons. The molecule has 0 aliphatic heterocycles. The number of carbonyl (C=O) groups is 1. The minimum absolute atomic E-state index is 0.604. The monoisotopic (exact) mass is 220 g/mol. The largest absolute Gasteiger partial charge is 0.494 e. The summed E-state index contributed by atoms with van der Waals surface area (Å²) in [6, 6.07) is 5.57. The molecule has 3 heteroatoms. The lowest BCUT2D eigenvalue weighted by Crippen LogP contribution is -1.95. The lowest BCUT2D eigenvalue weighted by molar-refractivity contribution is -0.104. The van der Waals surface area contributed by atoms with Crippen molar-refractivity contribution in [3.05, 3.63) is 29.8 Å². The van der Waals surface area contributed by atoms with Crippen molar-refractivity contribution in [2.75, 3.05) is 13.2 Å². The molecule has 0 fully saturated rings. The zero-order chi connectivity index (χ0) is 11.8. The normalized spacial score (nSPS) is 10.4. The second-order valence-electron chi connectivity index (χ2n) is 3.10. The van der Waals surface area contributed by atoms with Gasteiger partial charge >= 0.3 is 0 Å². The number of allylic oxidation sites excluding steroid dienone is 1. The highest BCUT2D eigenvalue weighted by molar-refractivity contribution is 5.74. The van der Waals surface area contributed by atoms with Crippen LogP contribution in [0.15, 0.2) is 24.3 Å². The van der Waals surface area contributed by atoms with Crippen LogP contribution in [0.3, 0.4) is 0 Å². The summed E-state index contributed by atoms with van der Waals surface area (Å²) in [5.41, 5.74) is 0.890. The molecule has 0 aromatic heterocycles. The summed E-state index contributed by atoms with van der Waals surface area (Å²) in [6.07, 6.45) is 3.91. The summed E-state index contributed by atoms with van der Waals surface area (Å²) in [5.74, 6) is 1.50. The Labute approximate surface area is 95.7 Å². The maximum Gasteiger partial charge on any atom is 0.142 e. The van der Waals surface area contributed by atoms with Gasteiger partial charge in [-0.3, -0.25) is 4.79 Å². The third-order valence-electron chi connectivity index (χ3n) is 1.89. The molecular formula is C13H16O3. The number of rotatable bonds is 6. The van der Waals surface area contributed by atoms with Gasteiger partial charge in [0.25, 0.3) is 0 Å². The van der Waals surface area contributed by atoms with Crippen molar-refractivity contribution in [2.24, 2.45) is 0 Å². The van der Waals surface area contributed by atoms with Crippen LogP contribution in [-0.2, 0) is 4.79 Å². The van der Waals surface area contributed by atoms with Gasteiger partial charge in [-0.05, 0) is 37.6 Å². The zero-order valence-corrected chi connectivity index (χ0v) is 9.60. The Morgan fingerprint density at radius 1 is 1.06 bits per heavy atom. The van der Waals surface area contributed by atoms with E-state index >= 15 is 0 Å². The molecule has 0 bridgehead atoms. The molecule has 0 unspecified atom stereocenters. The lowest BCUT2D eigenvalue weighted by atomic mass is 10.2. The highest BCUT2D eigenvalue weighted by atomic mass is 16.5. The molecule has 0 saturated heterocycles. The molecule has 0 aliphatic carbocycles. The van der Waals surface area contributed by atoms with Crippen LogP contribution in [0.25, 0.3) is 6.08 Å². The Morgan fingerprint density at radius 3 is 2.06 bits per heavy atom. The van der Waals surface area contributed by atoms with Gasteiger partial charge in [-0.25, -0.2) is 0 Å². The Bertz CT molecular complexity index is 345. The molecule has 1 rings (SSSR count). The maximum atomic E-state index is 10.3. The van der Waals surface area contributed by atoms with E-state index in [1.807, 2.05) is 32.0 Å². The third-order valence-corrected chi connectivity index (χ3v) is 1.89. The summed E-state index contributed by atoms with van der Waals surface area (Å²) >= 11 is 0. The van der Waals surface area contributed by atoms with Crippen LogP contribution in [0.2, 0.25) is 0 Å². The average molecular weight is 220 g/mol. The molecule has 0 spiro atoms. The number of ether oxygens (including phenoxy) is 2. The van der Waals surface area contributed by atoms with Gasteiger partial charge in [0, 0.05) is 6.07 Å². The van der Waals surface area contributed by atoms with Crippen molar-refractivity contribution in [3.63, 3.8) is 0 Å². The first-order chi connectivity index (χ1) is 7.80. The van der Waals surface area contributed by atoms with E-state index in [4.69, 9.17) is 9.47 Å². The van der Waals surface area contributed by atoms with E-state index in [1.165, 1.54) is 6.08 Å². The van der Waals surface area contributed by atoms with Crippen molar-refractivity contribution in [1.29, 1.82) is 0 Å². The zero-order valence-electron chi connectivity index (χ0n) is 9.60. The fourth-order valence-corrected chi connectivity index (χ4v) is 1.34. The molecular weight excluding hydrogens is 204 g/mol. The minimum atomic E-state index is 0.604. The number of hydrogen-bond donors (Lipinski definition) is 0. The fraction of sp³-hybridized carbons (Fsp3) is 0.308. The van der Waals surface area contributed by atoms with E-state index in [1.54, 1.807) is 6.08 Å². The van der Waals surface area contributed by atoms with Crippen LogP contribution in [0.5, 0.6) is 11.5 Å². The van der Waals surface area contributed by atoms with Crippen LogP contribution in [0, 0.1) is 0 Å².